The van der Waals surface area contributed by atoms with Crippen molar-refractivity contribution in [3.63, 3.8) is 0 Å². The van der Waals surface area contributed by atoms with E-state index in [-0.39, 0.29) is 0 Å². The Bertz CT molecular complexity index is 753. The molecule has 3 atom stereocenters. The molecule has 0 saturated carbocycles. The Hall–Kier alpha value is -2.78. The van der Waals surface area contributed by atoms with Crippen molar-refractivity contribution in [1.82, 2.24) is 10.6 Å². The van der Waals surface area contributed by atoms with Gasteiger partial charge in [0.2, 0.25) is 0 Å². The van der Waals surface area contributed by atoms with E-state index in [1.807, 2.05) is 12.1 Å². The summed E-state index contributed by atoms with van der Waals surface area (Å²) in [6.07, 6.45) is 0.952. The van der Waals surface area contributed by atoms with Crippen molar-refractivity contribution in [2.24, 2.45) is 0 Å². The lowest BCUT2D eigenvalue weighted by molar-refractivity contribution is -0.149. The highest BCUT2D eigenvalue weighted by Crippen LogP contribution is 2.16. The zero-order valence-electron chi connectivity index (χ0n) is 20.4. The molecular weight excluding hydrogens is 436 g/mol. The minimum atomic E-state index is -0.969. The molecule has 0 aliphatic carbocycles. The molecule has 34 heavy (non-hydrogen) atoms. The third-order valence-electron chi connectivity index (χ3n) is 4.99. The summed E-state index contributed by atoms with van der Waals surface area (Å²) in [7, 11) is 2.76. The molecule has 3 rings (SSSR count). The summed E-state index contributed by atoms with van der Waals surface area (Å²) in [6, 6.07) is 19.0. The summed E-state index contributed by atoms with van der Waals surface area (Å²) < 4.78 is 9.60. The fourth-order valence-corrected chi connectivity index (χ4v) is 3.48. The molecule has 0 bridgehead atoms. The Morgan fingerprint density at radius 1 is 0.882 bits per heavy atom. The van der Waals surface area contributed by atoms with Crippen LogP contribution in [0.15, 0.2) is 60.7 Å². The van der Waals surface area contributed by atoms with Crippen LogP contribution in [0.3, 0.4) is 0 Å². The van der Waals surface area contributed by atoms with Crippen molar-refractivity contribution in [1.29, 1.82) is 0 Å². The molecule has 8 nitrogen and oxygen atoms in total. The van der Waals surface area contributed by atoms with Crippen LogP contribution in [-0.4, -0.2) is 61.5 Å². The highest BCUT2D eigenvalue weighted by atomic mass is 16.5. The second-order valence-corrected chi connectivity index (χ2v) is 8.09. The van der Waals surface area contributed by atoms with Gasteiger partial charge in [-0.25, -0.2) is 9.59 Å². The first kappa shape index (κ1) is 29.3. The van der Waals surface area contributed by atoms with Crippen molar-refractivity contribution in [2.75, 3.05) is 27.3 Å². The predicted octanol–water partition coefficient (Wildman–Crippen LogP) is 3.65. The third kappa shape index (κ3) is 11.4. The summed E-state index contributed by atoms with van der Waals surface area (Å²) >= 11 is 0. The Balaban J connectivity index is 0.000000256. The molecule has 188 valence electrons. The van der Waals surface area contributed by atoms with Crippen molar-refractivity contribution < 1.29 is 29.3 Å². The van der Waals surface area contributed by atoms with E-state index >= 15 is 0 Å². The van der Waals surface area contributed by atoms with Crippen LogP contribution >= 0.6 is 0 Å². The van der Waals surface area contributed by atoms with Gasteiger partial charge < -0.3 is 30.3 Å². The van der Waals surface area contributed by atoms with Crippen LogP contribution in [0.1, 0.15) is 50.0 Å². The Kier molecular flexibility index (Phi) is 14.4. The maximum Gasteiger partial charge on any atom is 0.337 e. The lowest BCUT2D eigenvalue weighted by Gasteiger charge is -2.25. The fraction of sp³-hybridized carbons (Fsp3) is 0.462. The molecule has 1 heterocycles. The van der Waals surface area contributed by atoms with Gasteiger partial charge in [-0.1, -0.05) is 74.5 Å². The maximum atomic E-state index is 10.6. The Morgan fingerprint density at radius 3 is 1.62 bits per heavy atom. The van der Waals surface area contributed by atoms with E-state index in [9.17, 15) is 9.59 Å². The van der Waals surface area contributed by atoms with Gasteiger partial charge in [-0.3, -0.25) is 0 Å². The summed E-state index contributed by atoms with van der Waals surface area (Å²) in [6.45, 7) is 6.76. The first-order valence-electron chi connectivity index (χ1n) is 11.4. The number of carboxylic acids is 2. The smallest absolute Gasteiger partial charge is 0.337 e. The summed E-state index contributed by atoms with van der Waals surface area (Å²) in [5, 5.41) is 24.3. The highest BCUT2D eigenvalue weighted by molar-refractivity contribution is 5.74. The molecule has 2 aromatic rings. The minimum Gasteiger partial charge on any atom is -0.479 e. The van der Waals surface area contributed by atoms with Gasteiger partial charge in [0.25, 0.3) is 0 Å². The van der Waals surface area contributed by atoms with Gasteiger partial charge in [0.05, 0.1) is 0 Å². The number of rotatable bonds is 8. The van der Waals surface area contributed by atoms with Crippen molar-refractivity contribution in [3.05, 3.63) is 71.8 Å². The van der Waals surface area contributed by atoms with Crippen molar-refractivity contribution >= 4 is 11.9 Å². The number of methoxy groups -OCH3 is 2. The molecule has 1 aliphatic heterocycles. The molecule has 1 fully saturated rings. The predicted molar refractivity (Wildman–Crippen MR) is 132 cm³/mol. The number of carbonyl (C=O) groups is 2. The molecular formula is C26H38N2O6. The monoisotopic (exact) mass is 474 g/mol. The van der Waals surface area contributed by atoms with Crippen LogP contribution in [0.4, 0.5) is 0 Å². The Labute approximate surface area is 202 Å². The molecule has 0 unspecified atom stereocenters. The molecule has 0 amide bonds. The van der Waals surface area contributed by atoms with Crippen LogP contribution in [0.25, 0.3) is 0 Å². The molecule has 2 aromatic carbocycles. The van der Waals surface area contributed by atoms with Gasteiger partial charge in [0.1, 0.15) is 0 Å². The van der Waals surface area contributed by atoms with Gasteiger partial charge in [0.15, 0.2) is 12.2 Å². The van der Waals surface area contributed by atoms with Crippen LogP contribution in [-0.2, 0) is 19.1 Å². The third-order valence-corrected chi connectivity index (χ3v) is 4.99. The number of nitrogens with one attached hydrogen (secondary N) is 2. The van der Waals surface area contributed by atoms with E-state index in [0.717, 1.165) is 6.54 Å². The van der Waals surface area contributed by atoms with Crippen LogP contribution in [0.2, 0.25) is 0 Å². The first-order chi connectivity index (χ1) is 16.3. The number of piperidine rings is 1. The molecule has 1 saturated heterocycles. The van der Waals surface area contributed by atoms with E-state index < -0.39 is 24.1 Å². The molecule has 8 heteroatoms. The number of aliphatic carboxylic acids is 2. The van der Waals surface area contributed by atoms with Crippen LogP contribution < -0.4 is 10.6 Å². The van der Waals surface area contributed by atoms with E-state index in [4.69, 9.17) is 19.7 Å². The van der Waals surface area contributed by atoms with E-state index in [1.54, 1.807) is 48.5 Å². The number of ether oxygens (including phenoxy) is 2. The van der Waals surface area contributed by atoms with E-state index in [2.05, 4.69) is 24.5 Å². The van der Waals surface area contributed by atoms with Gasteiger partial charge in [-0.05, 0) is 30.5 Å². The standard InChI is InChI=1S/2C9H10O3.C8H18N2/c2*1-12-8(9(10)11)7-5-3-2-4-6-7;1-7(2)10-8-4-3-5-9-6-8/h2*2-6,8H,1H3,(H,10,11);7-10H,3-6H2,1-2H3/t3*8-/m001/s1. The average molecular weight is 475 g/mol. The normalized spacial score (nSPS) is 16.8. The molecule has 1 aliphatic rings. The molecule has 0 aromatic heterocycles. The second kappa shape index (κ2) is 16.8. The van der Waals surface area contributed by atoms with Crippen LogP contribution in [0.5, 0.6) is 0 Å². The van der Waals surface area contributed by atoms with Gasteiger partial charge in [-0.15, -0.1) is 0 Å². The number of carboxylic acid groups (broad SMARTS) is 2. The first-order valence-corrected chi connectivity index (χ1v) is 11.4. The van der Waals surface area contributed by atoms with Gasteiger partial charge in [-0.2, -0.15) is 0 Å². The van der Waals surface area contributed by atoms with Gasteiger partial charge >= 0.3 is 11.9 Å². The molecule has 4 N–H and O–H groups in total. The molecule has 0 spiro atoms. The van der Waals surface area contributed by atoms with E-state index in [0.29, 0.717) is 23.2 Å². The zero-order valence-corrected chi connectivity index (χ0v) is 20.4. The van der Waals surface area contributed by atoms with Crippen LogP contribution in [0, 0.1) is 0 Å². The lowest BCUT2D eigenvalue weighted by Crippen LogP contribution is -2.45. The second-order valence-electron chi connectivity index (χ2n) is 8.09. The Morgan fingerprint density at radius 2 is 1.32 bits per heavy atom. The van der Waals surface area contributed by atoms with Crippen molar-refractivity contribution in [2.45, 2.75) is 51.0 Å². The number of benzene rings is 2. The van der Waals surface area contributed by atoms with Gasteiger partial charge in [0, 0.05) is 32.8 Å². The lowest BCUT2D eigenvalue weighted by atomic mass is 10.1. The largest absolute Gasteiger partial charge is 0.479 e. The SMILES string of the molecule is CC(C)N[C@@H]1CCCNC1.CO[C@H](C(=O)O)c1ccccc1.CO[C@H](C(=O)O)c1ccccc1. The zero-order chi connectivity index (χ0) is 25.3. The quantitative estimate of drug-likeness (QED) is 0.458. The van der Waals surface area contributed by atoms with E-state index in [1.165, 1.54) is 33.6 Å². The number of hydrogen-bond acceptors (Lipinski definition) is 6. The summed E-state index contributed by atoms with van der Waals surface area (Å²) in [5.74, 6) is -1.94. The maximum absolute atomic E-state index is 10.6. The highest BCUT2D eigenvalue weighted by Gasteiger charge is 2.18. The average Bonchev–Trinajstić information content (AvgIpc) is 2.82. The minimum absolute atomic E-state index is 0.630. The molecule has 0 radical (unpaired) electrons. The summed E-state index contributed by atoms with van der Waals surface area (Å²) in [4.78, 5) is 21.2. The summed E-state index contributed by atoms with van der Waals surface area (Å²) in [5.41, 5.74) is 1.32. The fourth-order valence-electron chi connectivity index (χ4n) is 3.48. The number of hydrogen-bond donors (Lipinski definition) is 4. The van der Waals surface area contributed by atoms with Crippen molar-refractivity contribution in [3.8, 4) is 0 Å². The topological polar surface area (TPSA) is 117 Å².